The molecule has 0 saturated carbocycles. The van der Waals surface area contributed by atoms with Gasteiger partial charge >= 0.3 is 5.97 Å². The van der Waals surface area contributed by atoms with Gasteiger partial charge in [0.25, 0.3) is 0 Å². The molecular formula is C13H20FNO4S2. The predicted octanol–water partition coefficient (Wildman–Crippen LogP) is 1.93. The van der Waals surface area contributed by atoms with Crippen molar-refractivity contribution < 1.29 is 22.3 Å². The lowest BCUT2D eigenvalue weighted by Gasteiger charge is -2.43. The fourth-order valence-corrected chi connectivity index (χ4v) is 5.25. The second-order valence-corrected chi connectivity index (χ2v) is 7.39. The Balaban J connectivity index is 3.47. The summed E-state index contributed by atoms with van der Waals surface area (Å²) in [6.45, 7) is 3.44. The van der Waals surface area contributed by atoms with Crippen molar-refractivity contribution in [3.05, 3.63) is 24.1 Å². The molecule has 0 fully saturated rings. The maximum absolute atomic E-state index is 14.6. The highest BCUT2D eigenvalue weighted by Gasteiger charge is 2.54. The van der Waals surface area contributed by atoms with Crippen LogP contribution >= 0.6 is 11.8 Å². The zero-order valence-corrected chi connectivity index (χ0v) is 14.1. The number of hydrogen-bond acceptors (Lipinski definition) is 5. The van der Waals surface area contributed by atoms with Gasteiger partial charge in [0.2, 0.25) is 10.0 Å². The first-order valence-corrected chi connectivity index (χ1v) is 9.57. The number of likely N-dealkylation sites (N-methyl/N-ethyl adjacent to an activating group) is 1. The average Bonchev–Trinajstić information content (AvgIpc) is 2.39. The molecule has 0 aromatic heterocycles. The summed E-state index contributed by atoms with van der Waals surface area (Å²) < 4.78 is 44.7. The molecule has 21 heavy (non-hydrogen) atoms. The lowest BCUT2D eigenvalue weighted by molar-refractivity contribution is -0.148. The van der Waals surface area contributed by atoms with Crippen molar-refractivity contribution in [3.8, 4) is 0 Å². The van der Waals surface area contributed by atoms with E-state index in [0.29, 0.717) is 0 Å². The maximum Gasteiger partial charge on any atom is 0.316 e. The number of rotatable bonds is 6. The minimum absolute atomic E-state index is 0.0463. The highest BCUT2D eigenvalue weighted by molar-refractivity contribution is 8.01. The van der Waals surface area contributed by atoms with Gasteiger partial charge < -0.3 is 4.74 Å². The van der Waals surface area contributed by atoms with E-state index in [2.05, 4.69) is 0 Å². The molecule has 0 bridgehead atoms. The van der Waals surface area contributed by atoms with Crippen LogP contribution in [-0.2, 0) is 19.6 Å². The monoisotopic (exact) mass is 337 g/mol. The standard InChI is InChI=1S/C13H20FNO4S2/c1-5-15(21(4,17)18)13(20-3)10(12(16)19-6-2)8-7-9-11(13)14/h7-10H,5-6H2,1-4H3. The molecule has 1 aliphatic carbocycles. The summed E-state index contributed by atoms with van der Waals surface area (Å²) in [5.74, 6) is -2.36. The van der Waals surface area contributed by atoms with Gasteiger partial charge in [0, 0.05) is 6.54 Å². The number of allylic oxidation sites excluding steroid dienone is 2. The van der Waals surface area contributed by atoms with Crippen LogP contribution in [0.1, 0.15) is 13.8 Å². The molecule has 0 N–H and O–H groups in total. The summed E-state index contributed by atoms with van der Waals surface area (Å²) >= 11 is 0.975. The van der Waals surface area contributed by atoms with E-state index < -0.39 is 32.6 Å². The van der Waals surface area contributed by atoms with Gasteiger partial charge in [-0.3, -0.25) is 4.79 Å². The Kier molecular flexibility index (Phi) is 6.01. The lowest BCUT2D eigenvalue weighted by Crippen LogP contribution is -2.56. The van der Waals surface area contributed by atoms with E-state index in [1.165, 1.54) is 18.2 Å². The Labute approximate surface area is 129 Å². The molecule has 0 heterocycles. The molecule has 1 aliphatic rings. The van der Waals surface area contributed by atoms with Crippen molar-refractivity contribution in [3.63, 3.8) is 0 Å². The summed E-state index contributed by atoms with van der Waals surface area (Å²) in [5.41, 5.74) is 0. The van der Waals surface area contributed by atoms with Gasteiger partial charge in [-0.1, -0.05) is 19.1 Å². The Morgan fingerprint density at radius 1 is 1.52 bits per heavy atom. The molecule has 2 unspecified atom stereocenters. The number of hydrogen-bond donors (Lipinski definition) is 0. The molecule has 0 aromatic rings. The topological polar surface area (TPSA) is 63.7 Å². The molecular weight excluding hydrogens is 317 g/mol. The quantitative estimate of drug-likeness (QED) is 0.547. The van der Waals surface area contributed by atoms with Crippen LogP contribution in [0, 0.1) is 5.92 Å². The van der Waals surface area contributed by atoms with E-state index in [4.69, 9.17) is 4.74 Å². The Morgan fingerprint density at radius 3 is 2.57 bits per heavy atom. The van der Waals surface area contributed by atoms with Crippen LogP contribution in [0.3, 0.4) is 0 Å². The second kappa shape index (κ2) is 6.93. The van der Waals surface area contributed by atoms with E-state index in [1.807, 2.05) is 0 Å². The Bertz CT molecular complexity index is 559. The smallest absolute Gasteiger partial charge is 0.316 e. The molecule has 1 rings (SSSR count). The summed E-state index contributed by atoms with van der Waals surface area (Å²) in [6.07, 6.45) is 6.64. The third kappa shape index (κ3) is 3.32. The molecule has 5 nitrogen and oxygen atoms in total. The average molecular weight is 337 g/mol. The largest absolute Gasteiger partial charge is 0.465 e. The molecule has 0 spiro atoms. The van der Waals surface area contributed by atoms with E-state index in [0.717, 1.165) is 22.3 Å². The van der Waals surface area contributed by atoms with Gasteiger partial charge in [-0.2, -0.15) is 4.31 Å². The van der Waals surface area contributed by atoms with Gasteiger partial charge in [0.15, 0.2) is 0 Å². The fraction of sp³-hybridized carbons (Fsp3) is 0.615. The SMILES string of the molecule is CCOC(=O)C1C=CC=C(F)C1(SC)N(CC)S(C)(=O)=O. The van der Waals surface area contributed by atoms with Crippen LogP contribution in [0.4, 0.5) is 4.39 Å². The van der Waals surface area contributed by atoms with E-state index in [1.54, 1.807) is 20.1 Å². The summed E-state index contributed by atoms with van der Waals surface area (Å²) in [5, 5.41) is 0. The first kappa shape index (κ1) is 18.2. The van der Waals surface area contributed by atoms with Crippen LogP contribution in [0.2, 0.25) is 0 Å². The molecule has 0 saturated heterocycles. The van der Waals surface area contributed by atoms with Gasteiger partial charge in [-0.25, -0.2) is 12.8 Å². The number of sulfonamides is 1. The summed E-state index contributed by atoms with van der Waals surface area (Å²) in [7, 11) is -3.71. The number of thioether (sulfide) groups is 1. The third-order valence-electron chi connectivity index (χ3n) is 3.22. The normalized spacial score (nSPS) is 25.8. The van der Waals surface area contributed by atoms with Crippen LogP contribution in [0.5, 0.6) is 0 Å². The molecule has 0 radical (unpaired) electrons. The number of carbonyl (C=O) groups excluding carboxylic acids is 1. The lowest BCUT2D eigenvalue weighted by atomic mass is 9.93. The van der Waals surface area contributed by atoms with Crippen molar-refractivity contribution in [2.75, 3.05) is 25.7 Å². The van der Waals surface area contributed by atoms with Crippen molar-refractivity contribution in [1.29, 1.82) is 0 Å². The van der Waals surface area contributed by atoms with Crippen molar-refractivity contribution >= 4 is 27.8 Å². The fourth-order valence-electron chi connectivity index (χ4n) is 2.44. The minimum atomic E-state index is -3.71. The maximum atomic E-state index is 14.6. The summed E-state index contributed by atoms with van der Waals surface area (Å²) in [4.78, 5) is 10.5. The molecule has 8 heteroatoms. The number of esters is 1. The van der Waals surface area contributed by atoms with Crippen molar-refractivity contribution in [2.45, 2.75) is 18.7 Å². The molecule has 0 amide bonds. The van der Waals surface area contributed by atoms with E-state index >= 15 is 0 Å². The van der Waals surface area contributed by atoms with Crippen LogP contribution < -0.4 is 0 Å². The minimum Gasteiger partial charge on any atom is -0.465 e. The Morgan fingerprint density at radius 2 is 2.14 bits per heavy atom. The van der Waals surface area contributed by atoms with Crippen LogP contribution in [0.25, 0.3) is 0 Å². The van der Waals surface area contributed by atoms with Crippen LogP contribution in [0.15, 0.2) is 24.1 Å². The van der Waals surface area contributed by atoms with Gasteiger partial charge in [-0.15, -0.1) is 11.8 Å². The van der Waals surface area contributed by atoms with Crippen molar-refractivity contribution in [2.24, 2.45) is 5.92 Å². The highest BCUT2D eigenvalue weighted by Crippen LogP contribution is 2.46. The van der Waals surface area contributed by atoms with E-state index in [9.17, 15) is 17.6 Å². The number of ether oxygens (including phenoxy) is 1. The first-order valence-electron chi connectivity index (χ1n) is 6.49. The molecule has 0 aliphatic heterocycles. The second-order valence-electron chi connectivity index (χ2n) is 4.46. The first-order chi connectivity index (χ1) is 9.75. The van der Waals surface area contributed by atoms with Crippen molar-refractivity contribution in [1.82, 2.24) is 4.31 Å². The number of halogens is 1. The zero-order valence-electron chi connectivity index (χ0n) is 12.5. The van der Waals surface area contributed by atoms with Gasteiger partial charge in [0.05, 0.1) is 12.9 Å². The Hall–Kier alpha value is -0.860. The van der Waals surface area contributed by atoms with Gasteiger partial charge in [0.1, 0.15) is 16.6 Å². The molecule has 2 atom stereocenters. The predicted molar refractivity (Wildman–Crippen MR) is 81.9 cm³/mol. The molecule has 120 valence electrons. The highest BCUT2D eigenvalue weighted by atomic mass is 32.2. The van der Waals surface area contributed by atoms with E-state index in [-0.39, 0.29) is 13.2 Å². The summed E-state index contributed by atoms with van der Waals surface area (Å²) in [6, 6.07) is 0. The number of carbonyl (C=O) groups is 1. The molecule has 0 aromatic carbocycles. The third-order valence-corrected chi connectivity index (χ3v) is 5.97. The van der Waals surface area contributed by atoms with Crippen LogP contribution in [-0.4, -0.2) is 49.2 Å². The van der Waals surface area contributed by atoms with Gasteiger partial charge in [-0.05, 0) is 19.3 Å². The zero-order chi connectivity index (χ0) is 16.3. The number of nitrogens with zero attached hydrogens (tertiary/aromatic N) is 1.